The zero-order valence-electron chi connectivity index (χ0n) is 12.5. The van der Waals surface area contributed by atoms with Gasteiger partial charge in [0.25, 0.3) is 0 Å². The Morgan fingerprint density at radius 1 is 1.19 bits per heavy atom. The van der Waals surface area contributed by atoms with Crippen molar-refractivity contribution in [2.75, 3.05) is 19.8 Å². The molecule has 0 spiro atoms. The molecule has 3 nitrogen and oxygen atoms in total. The predicted octanol–water partition coefficient (Wildman–Crippen LogP) is 3.94. The summed E-state index contributed by atoms with van der Waals surface area (Å²) in [7, 11) is -0.441. The summed E-state index contributed by atoms with van der Waals surface area (Å²) in [5.74, 6) is 1.06. The van der Waals surface area contributed by atoms with Crippen molar-refractivity contribution in [3.05, 3.63) is 22.2 Å². The highest BCUT2D eigenvalue weighted by Crippen LogP contribution is 2.31. The number of rotatable bonds is 6. The van der Waals surface area contributed by atoms with Crippen LogP contribution in [0.2, 0.25) is 10.0 Å². The Labute approximate surface area is 137 Å². The Morgan fingerprint density at radius 3 is 2.52 bits per heavy atom. The van der Waals surface area contributed by atoms with Gasteiger partial charge in [-0.25, -0.2) is 0 Å². The molecule has 0 radical (unpaired) electrons. The van der Waals surface area contributed by atoms with Crippen LogP contribution >= 0.6 is 23.2 Å². The van der Waals surface area contributed by atoms with Gasteiger partial charge in [0.1, 0.15) is 10.8 Å². The molecule has 0 aromatic heterocycles. The van der Waals surface area contributed by atoms with Gasteiger partial charge in [0.15, 0.2) is 0 Å². The van der Waals surface area contributed by atoms with Crippen LogP contribution in [0.1, 0.15) is 33.1 Å². The molecule has 0 atom stereocenters. The van der Waals surface area contributed by atoms with Crippen LogP contribution in [0.4, 0.5) is 0 Å². The molecule has 0 saturated carbocycles. The summed E-state index contributed by atoms with van der Waals surface area (Å²) in [4.78, 5) is 0. The molecule has 0 bridgehead atoms. The van der Waals surface area contributed by atoms with Crippen LogP contribution in [0, 0.1) is 5.92 Å². The largest absolute Gasteiger partial charge is 0.495 e. The summed E-state index contributed by atoms with van der Waals surface area (Å²) in [5.41, 5.74) is 0.763. The van der Waals surface area contributed by atoms with Crippen molar-refractivity contribution in [2.45, 2.75) is 33.1 Å². The molecule has 21 heavy (non-hydrogen) atoms. The Hall–Kier alpha value is -0.415. The van der Waals surface area contributed by atoms with Crippen LogP contribution in [-0.2, 0) is 9.31 Å². The fourth-order valence-electron chi connectivity index (χ4n) is 2.38. The molecule has 6 heteroatoms. The van der Waals surface area contributed by atoms with Gasteiger partial charge in [0, 0.05) is 24.6 Å². The lowest BCUT2D eigenvalue weighted by molar-refractivity contribution is 0.0813. The first-order chi connectivity index (χ1) is 10.2. The minimum Gasteiger partial charge on any atom is -0.492 e. The summed E-state index contributed by atoms with van der Waals surface area (Å²) in [5, 5.41) is 0.857. The lowest BCUT2D eigenvalue weighted by atomic mass is 9.77. The summed E-state index contributed by atoms with van der Waals surface area (Å²) < 4.78 is 17.0. The topological polar surface area (TPSA) is 27.7 Å². The molecule has 1 aromatic carbocycles. The summed E-state index contributed by atoms with van der Waals surface area (Å²) >= 11 is 12.5. The van der Waals surface area contributed by atoms with Gasteiger partial charge in [-0.2, -0.15) is 0 Å². The second-order valence-corrected chi connectivity index (χ2v) is 5.98. The molecule has 1 aliphatic heterocycles. The van der Waals surface area contributed by atoms with E-state index in [0.29, 0.717) is 41.5 Å². The Kier molecular flexibility index (Phi) is 6.68. The van der Waals surface area contributed by atoms with E-state index in [2.05, 4.69) is 6.92 Å². The van der Waals surface area contributed by atoms with E-state index < -0.39 is 7.12 Å². The molecule has 116 valence electrons. The monoisotopic (exact) mass is 330 g/mol. The third kappa shape index (κ3) is 4.29. The average Bonchev–Trinajstić information content (AvgIpc) is 2.51. The number of ether oxygens (including phenoxy) is 1. The van der Waals surface area contributed by atoms with Crippen molar-refractivity contribution in [3.8, 4) is 5.75 Å². The molecular weight excluding hydrogens is 310 g/mol. The maximum Gasteiger partial charge on any atom is 0.495 e. The van der Waals surface area contributed by atoms with Crippen LogP contribution in [0.15, 0.2) is 12.1 Å². The highest BCUT2D eigenvalue weighted by atomic mass is 35.5. The molecule has 0 N–H and O–H groups in total. The van der Waals surface area contributed by atoms with Crippen LogP contribution in [0.25, 0.3) is 0 Å². The standard InChI is InChI=1S/C15H21BCl2O3/c1-3-5-6-11-9-20-16(21-10-11)12-7-8-13(19-4-2)15(18)14(12)17/h7-8,11H,3-6,9-10H2,1-2H3. The lowest BCUT2D eigenvalue weighted by Crippen LogP contribution is -2.44. The quantitative estimate of drug-likeness (QED) is 0.739. The number of hydrogen-bond acceptors (Lipinski definition) is 3. The molecule has 0 aliphatic carbocycles. The number of halogens is 2. The molecule has 1 fully saturated rings. The molecule has 2 rings (SSSR count). The maximum absolute atomic E-state index is 6.32. The Morgan fingerprint density at radius 2 is 1.90 bits per heavy atom. The van der Waals surface area contributed by atoms with Gasteiger partial charge in [0.05, 0.1) is 11.6 Å². The van der Waals surface area contributed by atoms with Crippen molar-refractivity contribution in [3.63, 3.8) is 0 Å². The molecular formula is C15H21BCl2O3. The summed E-state index contributed by atoms with van der Waals surface area (Å²) in [6.45, 7) is 6.04. The number of hydrogen-bond donors (Lipinski definition) is 0. The van der Waals surface area contributed by atoms with E-state index in [1.165, 1.54) is 12.8 Å². The minimum atomic E-state index is -0.441. The van der Waals surface area contributed by atoms with E-state index in [0.717, 1.165) is 11.9 Å². The highest BCUT2D eigenvalue weighted by molar-refractivity contribution is 6.66. The van der Waals surface area contributed by atoms with Crippen molar-refractivity contribution in [1.82, 2.24) is 0 Å². The smallest absolute Gasteiger partial charge is 0.492 e. The first-order valence-electron chi connectivity index (χ1n) is 7.51. The normalized spacial score (nSPS) is 16.3. The zero-order chi connectivity index (χ0) is 15.2. The third-order valence-corrected chi connectivity index (χ3v) is 4.44. The molecule has 1 aliphatic rings. The fraction of sp³-hybridized carbons (Fsp3) is 0.600. The number of unbranched alkanes of at least 4 members (excludes halogenated alkanes) is 1. The fourth-order valence-corrected chi connectivity index (χ4v) is 2.85. The van der Waals surface area contributed by atoms with E-state index in [4.69, 9.17) is 37.2 Å². The van der Waals surface area contributed by atoms with Crippen LogP contribution < -0.4 is 10.2 Å². The zero-order valence-corrected chi connectivity index (χ0v) is 14.0. The Bertz CT molecular complexity index is 462. The van der Waals surface area contributed by atoms with Crippen LogP contribution in [0.3, 0.4) is 0 Å². The SMILES string of the molecule is CCCCC1COB(c2ccc(OCC)c(Cl)c2Cl)OC1. The first-order valence-corrected chi connectivity index (χ1v) is 8.26. The Balaban J connectivity index is 2.02. The van der Waals surface area contributed by atoms with Gasteiger partial charge >= 0.3 is 7.12 Å². The van der Waals surface area contributed by atoms with Crippen LogP contribution in [0.5, 0.6) is 5.75 Å². The highest BCUT2D eigenvalue weighted by Gasteiger charge is 2.31. The maximum atomic E-state index is 6.32. The van der Waals surface area contributed by atoms with E-state index in [1.54, 1.807) is 0 Å². The van der Waals surface area contributed by atoms with E-state index in [9.17, 15) is 0 Å². The second kappa shape index (κ2) is 8.28. The number of benzene rings is 1. The van der Waals surface area contributed by atoms with Gasteiger partial charge in [-0.05, 0) is 19.4 Å². The van der Waals surface area contributed by atoms with E-state index in [-0.39, 0.29) is 0 Å². The van der Waals surface area contributed by atoms with Crippen molar-refractivity contribution >= 4 is 35.8 Å². The second-order valence-electron chi connectivity index (χ2n) is 5.22. The van der Waals surface area contributed by atoms with Crippen LogP contribution in [-0.4, -0.2) is 26.9 Å². The minimum absolute atomic E-state index is 0.413. The first kappa shape index (κ1) is 16.9. The summed E-state index contributed by atoms with van der Waals surface area (Å²) in [6.07, 6.45) is 3.54. The molecule has 1 saturated heterocycles. The van der Waals surface area contributed by atoms with Gasteiger partial charge in [-0.1, -0.05) is 49.0 Å². The van der Waals surface area contributed by atoms with Gasteiger partial charge in [-0.15, -0.1) is 0 Å². The van der Waals surface area contributed by atoms with Crippen molar-refractivity contribution in [1.29, 1.82) is 0 Å². The van der Waals surface area contributed by atoms with Crippen molar-refractivity contribution in [2.24, 2.45) is 5.92 Å². The van der Waals surface area contributed by atoms with Gasteiger partial charge in [0.2, 0.25) is 0 Å². The van der Waals surface area contributed by atoms with Crippen molar-refractivity contribution < 1.29 is 14.0 Å². The van der Waals surface area contributed by atoms with E-state index in [1.807, 2.05) is 19.1 Å². The predicted molar refractivity (Wildman–Crippen MR) is 87.9 cm³/mol. The molecule has 0 unspecified atom stereocenters. The molecule has 1 aromatic rings. The summed E-state index contributed by atoms with van der Waals surface area (Å²) in [6, 6.07) is 3.67. The van der Waals surface area contributed by atoms with Gasteiger partial charge < -0.3 is 14.0 Å². The average molecular weight is 331 g/mol. The third-order valence-electron chi connectivity index (χ3n) is 3.56. The van der Waals surface area contributed by atoms with Gasteiger partial charge in [-0.3, -0.25) is 0 Å². The lowest BCUT2D eigenvalue weighted by Gasteiger charge is -2.28. The molecule has 0 amide bonds. The van der Waals surface area contributed by atoms with E-state index >= 15 is 0 Å². The molecule has 1 heterocycles.